The molecule has 0 spiro atoms. The van der Waals surface area contributed by atoms with Gasteiger partial charge < -0.3 is 5.11 Å². The summed E-state index contributed by atoms with van der Waals surface area (Å²) in [6.07, 6.45) is -6.96. The molecule has 0 saturated heterocycles. The molecular weight excluding hydrogens is 236 g/mol. The van der Waals surface area contributed by atoms with Crippen molar-refractivity contribution < 1.29 is 22.7 Å². The summed E-state index contributed by atoms with van der Waals surface area (Å²) >= 11 is 0. The molecule has 0 heterocycles. The zero-order valence-electron chi connectivity index (χ0n) is 9.61. The number of hydrogen-bond donors (Lipinski definition) is 1. The van der Waals surface area contributed by atoms with Crippen molar-refractivity contribution in [1.82, 2.24) is 0 Å². The second kappa shape index (κ2) is 5.04. The van der Waals surface area contributed by atoms with Gasteiger partial charge in [0.05, 0.1) is 6.10 Å². The number of aliphatic hydroxyl groups is 1. The molecular formula is C12H14F4O. The van der Waals surface area contributed by atoms with E-state index in [0.29, 0.717) is 16.7 Å². The Morgan fingerprint density at radius 3 is 2.06 bits per heavy atom. The number of rotatable bonds is 3. The molecule has 1 atom stereocenters. The first kappa shape index (κ1) is 14.0. The van der Waals surface area contributed by atoms with Crippen LogP contribution in [0.25, 0.3) is 0 Å². The smallest absolute Gasteiger partial charge is 0.388 e. The zero-order chi connectivity index (χ0) is 13.2. The van der Waals surface area contributed by atoms with E-state index in [4.69, 9.17) is 0 Å². The minimum Gasteiger partial charge on any atom is -0.388 e. The van der Waals surface area contributed by atoms with Crippen LogP contribution in [0.1, 0.15) is 35.6 Å². The molecule has 0 amide bonds. The van der Waals surface area contributed by atoms with Crippen molar-refractivity contribution in [3.63, 3.8) is 0 Å². The predicted octanol–water partition coefficient (Wildman–Crippen LogP) is 3.82. The van der Waals surface area contributed by atoms with E-state index in [9.17, 15) is 22.7 Å². The van der Waals surface area contributed by atoms with Crippen LogP contribution in [-0.4, -0.2) is 11.3 Å². The molecule has 0 bridgehead atoms. The van der Waals surface area contributed by atoms with Gasteiger partial charge >= 0.3 is 6.18 Å². The Hall–Kier alpha value is -1.10. The lowest BCUT2D eigenvalue weighted by Gasteiger charge is -2.17. The number of hydrogen-bond acceptors (Lipinski definition) is 1. The van der Waals surface area contributed by atoms with E-state index in [-0.39, 0.29) is 0 Å². The Morgan fingerprint density at radius 2 is 1.65 bits per heavy atom. The Labute approximate surface area is 97.1 Å². The van der Waals surface area contributed by atoms with E-state index < -0.39 is 30.9 Å². The van der Waals surface area contributed by atoms with Crippen molar-refractivity contribution in [2.75, 3.05) is 0 Å². The third kappa shape index (κ3) is 4.00. The summed E-state index contributed by atoms with van der Waals surface area (Å²) in [4.78, 5) is 0. The second-order valence-electron chi connectivity index (χ2n) is 4.12. The molecule has 1 rings (SSSR count). The molecule has 1 aromatic carbocycles. The fourth-order valence-corrected chi connectivity index (χ4v) is 1.89. The number of halogens is 4. The van der Waals surface area contributed by atoms with Gasteiger partial charge in [-0.3, -0.25) is 0 Å². The lowest BCUT2D eigenvalue weighted by molar-refractivity contribution is -0.140. The fraction of sp³-hybridized carbons (Fsp3) is 0.500. The molecule has 5 heteroatoms. The first-order valence-corrected chi connectivity index (χ1v) is 5.22. The van der Waals surface area contributed by atoms with Crippen LogP contribution >= 0.6 is 0 Å². The SMILES string of the molecule is Cc1cc(F)cc(C)c1C(O)CCC(F)(F)F. The fourth-order valence-electron chi connectivity index (χ4n) is 1.89. The van der Waals surface area contributed by atoms with Crippen LogP contribution in [0.5, 0.6) is 0 Å². The summed E-state index contributed by atoms with van der Waals surface area (Å²) in [6, 6.07) is 2.41. The standard InChI is InChI=1S/C12H14F4O/c1-7-5-9(13)6-8(2)11(7)10(17)3-4-12(14,15)16/h5-6,10,17H,3-4H2,1-2H3. The van der Waals surface area contributed by atoms with Gasteiger partial charge in [0.25, 0.3) is 0 Å². The highest BCUT2D eigenvalue weighted by atomic mass is 19.4. The molecule has 1 aromatic rings. The van der Waals surface area contributed by atoms with E-state index in [1.807, 2.05) is 0 Å². The van der Waals surface area contributed by atoms with Crippen LogP contribution in [0.15, 0.2) is 12.1 Å². The largest absolute Gasteiger partial charge is 0.389 e. The van der Waals surface area contributed by atoms with Crippen molar-refractivity contribution in [2.45, 2.75) is 39.0 Å². The van der Waals surface area contributed by atoms with Gasteiger partial charge in [0.1, 0.15) is 5.82 Å². The van der Waals surface area contributed by atoms with E-state index in [1.165, 1.54) is 12.1 Å². The van der Waals surface area contributed by atoms with Gasteiger partial charge in [-0.2, -0.15) is 13.2 Å². The molecule has 0 aliphatic rings. The number of benzene rings is 1. The maximum atomic E-state index is 13.0. The monoisotopic (exact) mass is 250 g/mol. The number of aryl methyl sites for hydroxylation is 2. The number of alkyl halides is 3. The van der Waals surface area contributed by atoms with Crippen LogP contribution in [0, 0.1) is 19.7 Å². The van der Waals surface area contributed by atoms with Gasteiger partial charge in [-0.1, -0.05) is 0 Å². The lowest BCUT2D eigenvalue weighted by atomic mass is 9.95. The van der Waals surface area contributed by atoms with Crippen LogP contribution in [-0.2, 0) is 0 Å². The lowest BCUT2D eigenvalue weighted by Crippen LogP contribution is -2.11. The highest BCUT2D eigenvalue weighted by Gasteiger charge is 2.28. The Bertz CT molecular complexity index is 375. The molecule has 17 heavy (non-hydrogen) atoms. The van der Waals surface area contributed by atoms with Crippen LogP contribution in [0.2, 0.25) is 0 Å². The molecule has 1 unspecified atom stereocenters. The summed E-state index contributed by atoms with van der Waals surface area (Å²) in [6.45, 7) is 3.14. The molecule has 0 fully saturated rings. The highest BCUT2D eigenvalue weighted by Crippen LogP contribution is 2.30. The summed E-state index contributed by atoms with van der Waals surface area (Å²) < 4.78 is 49.1. The number of aliphatic hydroxyl groups excluding tert-OH is 1. The van der Waals surface area contributed by atoms with Crippen LogP contribution in [0.3, 0.4) is 0 Å². The normalized spacial score (nSPS) is 13.8. The van der Waals surface area contributed by atoms with Gasteiger partial charge in [-0.05, 0) is 49.1 Å². The molecule has 0 aliphatic heterocycles. The first-order valence-electron chi connectivity index (χ1n) is 5.22. The van der Waals surface area contributed by atoms with Crippen LogP contribution < -0.4 is 0 Å². The third-order valence-corrected chi connectivity index (χ3v) is 2.59. The van der Waals surface area contributed by atoms with Crippen molar-refractivity contribution in [2.24, 2.45) is 0 Å². The molecule has 96 valence electrons. The second-order valence-corrected chi connectivity index (χ2v) is 4.12. The molecule has 0 aromatic heterocycles. The minimum atomic E-state index is -4.29. The summed E-state index contributed by atoms with van der Waals surface area (Å²) in [5.74, 6) is -0.452. The van der Waals surface area contributed by atoms with Gasteiger partial charge in [0.15, 0.2) is 0 Å². The van der Waals surface area contributed by atoms with Crippen molar-refractivity contribution in [3.8, 4) is 0 Å². The summed E-state index contributed by atoms with van der Waals surface area (Å²) in [5, 5.41) is 9.71. The molecule has 1 nitrogen and oxygen atoms in total. The molecule has 0 saturated carbocycles. The molecule has 0 radical (unpaired) electrons. The third-order valence-electron chi connectivity index (χ3n) is 2.59. The Kier molecular flexibility index (Phi) is 4.14. The minimum absolute atomic E-state index is 0.385. The summed E-state index contributed by atoms with van der Waals surface area (Å²) in [5.41, 5.74) is 1.32. The van der Waals surface area contributed by atoms with Crippen molar-refractivity contribution in [1.29, 1.82) is 0 Å². The van der Waals surface area contributed by atoms with Crippen LogP contribution in [0.4, 0.5) is 17.6 Å². The van der Waals surface area contributed by atoms with E-state index in [1.54, 1.807) is 13.8 Å². The topological polar surface area (TPSA) is 20.2 Å². The van der Waals surface area contributed by atoms with E-state index in [2.05, 4.69) is 0 Å². The average Bonchev–Trinajstić information content (AvgIpc) is 2.11. The average molecular weight is 250 g/mol. The maximum absolute atomic E-state index is 13.0. The highest BCUT2D eigenvalue weighted by molar-refractivity contribution is 5.35. The molecule has 0 aliphatic carbocycles. The Morgan fingerprint density at radius 1 is 1.18 bits per heavy atom. The van der Waals surface area contributed by atoms with E-state index >= 15 is 0 Å². The van der Waals surface area contributed by atoms with E-state index in [0.717, 1.165) is 0 Å². The van der Waals surface area contributed by atoms with Crippen molar-refractivity contribution in [3.05, 3.63) is 34.6 Å². The quantitative estimate of drug-likeness (QED) is 0.808. The van der Waals surface area contributed by atoms with Gasteiger partial charge in [0.2, 0.25) is 0 Å². The summed E-state index contributed by atoms with van der Waals surface area (Å²) in [7, 11) is 0. The predicted molar refractivity (Wildman–Crippen MR) is 56.1 cm³/mol. The van der Waals surface area contributed by atoms with Gasteiger partial charge in [-0.25, -0.2) is 4.39 Å². The van der Waals surface area contributed by atoms with Gasteiger partial charge in [0, 0.05) is 6.42 Å². The molecule has 1 N–H and O–H groups in total. The Balaban J connectivity index is 2.86. The zero-order valence-corrected chi connectivity index (χ0v) is 9.61. The first-order chi connectivity index (χ1) is 7.70. The van der Waals surface area contributed by atoms with Gasteiger partial charge in [-0.15, -0.1) is 0 Å². The maximum Gasteiger partial charge on any atom is 0.389 e. The van der Waals surface area contributed by atoms with Crippen molar-refractivity contribution >= 4 is 0 Å².